The molecule has 0 aliphatic carbocycles. The topological polar surface area (TPSA) is 82.4 Å². The number of nitrogens with zero attached hydrogens (tertiary/aromatic N) is 2. The van der Waals surface area contributed by atoms with Gasteiger partial charge < -0.3 is 8.61 Å². The van der Waals surface area contributed by atoms with Crippen LogP contribution in [-0.2, 0) is 20.0 Å². The van der Waals surface area contributed by atoms with Gasteiger partial charge in [-0.15, -0.1) is 0 Å². The van der Waals surface area contributed by atoms with E-state index >= 15 is 0 Å². The van der Waals surface area contributed by atoms with Crippen molar-refractivity contribution in [2.45, 2.75) is 56.5 Å². The van der Waals surface area contributed by atoms with Crippen molar-refractivity contribution in [2.24, 2.45) is 0 Å². The lowest BCUT2D eigenvalue weighted by molar-refractivity contribution is -0.909. The first-order valence-electron chi connectivity index (χ1n) is 8.18. The molecular formula is C13H24F6N2O4S2. The highest BCUT2D eigenvalue weighted by Crippen LogP contribution is 2.36. The van der Waals surface area contributed by atoms with Crippen molar-refractivity contribution in [3.8, 4) is 0 Å². The molecule has 0 N–H and O–H groups in total. The number of halogens is 6. The molecule has 0 aromatic rings. The summed E-state index contributed by atoms with van der Waals surface area (Å²) in [6, 6.07) is 0. The van der Waals surface area contributed by atoms with Crippen LogP contribution in [0, 0.1) is 0 Å². The third kappa shape index (κ3) is 8.96. The molecule has 1 fully saturated rings. The zero-order chi connectivity index (χ0) is 21.6. The molecule has 1 aliphatic rings. The summed E-state index contributed by atoms with van der Waals surface area (Å²) in [5, 5.41) is 0. The highest BCUT2D eigenvalue weighted by molar-refractivity contribution is 8.13. The Morgan fingerprint density at radius 3 is 1.48 bits per heavy atom. The van der Waals surface area contributed by atoms with Gasteiger partial charge in [0.05, 0.1) is 26.7 Å². The van der Waals surface area contributed by atoms with Crippen molar-refractivity contribution in [1.82, 2.24) is 0 Å². The number of sulfonamides is 2. The van der Waals surface area contributed by atoms with Gasteiger partial charge in [-0.05, 0) is 32.1 Å². The fourth-order valence-corrected chi connectivity index (χ4v) is 4.14. The summed E-state index contributed by atoms with van der Waals surface area (Å²) in [5.74, 6) is 0. The normalized spacial score (nSPS) is 19.0. The first-order chi connectivity index (χ1) is 12.0. The van der Waals surface area contributed by atoms with E-state index in [-0.39, 0.29) is 0 Å². The highest BCUT2D eigenvalue weighted by Gasteiger charge is 2.46. The highest BCUT2D eigenvalue weighted by atomic mass is 32.3. The number of unbranched alkanes of at least 4 members (excludes halogenated alkanes) is 1. The molecule has 0 amide bonds. The fourth-order valence-electron chi connectivity index (χ4n) is 2.43. The quantitative estimate of drug-likeness (QED) is 0.470. The molecule has 0 aromatic heterocycles. The third-order valence-electron chi connectivity index (χ3n) is 3.98. The Balaban J connectivity index is 0.000000511. The van der Waals surface area contributed by atoms with E-state index in [1.807, 2.05) is 0 Å². The number of alkyl halides is 6. The van der Waals surface area contributed by atoms with Gasteiger partial charge in [-0.1, -0.05) is 13.3 Å². The van der Waals surface area contributed by atoms with Gasteiger partial charge in [0.2, 0.25) is 0 Å². The molecule has 0 bridgehead atoms. The van der Waals surface area contributed by atoms with E-state index in [1.54, 1.807) is 0 Å². The maximum absolute atomic E-state index is 11.4. The Bertz CT molecular complexity index is 609. The predicted molar refractivity (Wildman–Crippen MR) is 87.5 cm³/mol. The van der Waals surface area contributed by atoms with Gasteiger partial charge in [0.15, 0.2) is 20.0 Å². The number of rotatable bonds is 5. The van der Waals surface area contributed by atoms with Crippen LogP contribution in [0.5, 0.6) is 0 Å². The Morgan fingerprint density at radius 1 is 0.815 bits per heavy atom. The van der Waals surface area contributed by atoms with Gasteiger partial charge in [0.1, 0.15) is 0 Å². The van der Waals surface area contributed by atoms with Gasteiger partial charge in [-0.25, -0.2) is 16.8 Å². The van der Waals surface area contributed by atoms with Gasteiger partial charge in [0.25, 0.3) is 0 Å². The molecule has 1 rings (SSSR count). The molecule has 0 atom stereocenters. The molecule has 1 saturated heterocycles. The summed E-state index contributed by atoms with van der Waals surface area (Å²) in [6.45, 7) is 6.57. The zero-order valence-corrected chi connectivity index (χ0v) is 16.6. The molecule has 27 heavy (non-hydrogen) atoms. The lowest BCUT2D eigenvalue weighted by Crippen LogP contribution is -2.45. The minimum Gasteiger partial charge on any atom is -0.421 e. The number of quaternary nitrogens is 1. The Labute approximate surface area is 155 Å². The molecule has 0 spiro atoms. The number of hydrogen-bond acceptors (Lipinski definition) is 4. The lowest BCUT2D eigenvalue weighted by atomic mass is 10.2. The first-order valence-corrected chi connectivity index (χ1v) is 11.1. The molecule has 0 radical (unpaired) electrons. The van der Waals surface area contributed by atoms with Crippen LogP contribution in [0.15, 0.2) is 0 Å². The van der Waals surface area contributed by atoms with Gasteiger partial charge >= 0.3 is 11.0 Å². The van der Waals surface area contributed by atoms with Crippen molar-refractivity contribution in [3.63, 3.8) is 0 Å². The summed E-state index contributed by atoms with van der Waals surface area (Å²) in [7, 11) is -11.0. The van der Waals surface area contributed by atoms with Crippen LogP contribution in [0.4, 0.5) is 26.3 Å². The van der Waals surface area contributed by atoms with Gasteiger partial charge in [0, 0.05) is 0 Å². The van der Waals surface area contributed by atoms with E-state index in [1.165, 1.54) is 62.6 Å². The third-order valence-corrected chi connectivity index (χ3v) is 6.72. The predicted octanol–water partition coefficient (Wildman–Crippen LogP) is 3.87. The van der Waals surface area contributed by atoms with E-state index in [2.05, 4.69) is 14.0 Å². The fraction of sp³-hybridized carbons (Fsp3) is 1.00. The van der Waals surface area contributed by atoms with Crippen LogP contribution in [0.25, 0.3) is 4.13 Å². The molecule has 6 nitrogen and oxygen atoms in total. The monoisotopic (exact) mass is 450 g/mol. The van der Waals surface area contributed by atoms with Crippen molar-refractivity contribution >= 4 is 20.0 Å². The minimum atomic E-state index is -6.72. The number of likely N-dealkylation sites (tertiary alicyclic amines) is 1. The second-order valence-electron chi connectivity index (χ2n) is 6.47. The zero-order valence-electron chi connectivity index (χ0n) is 15.0. The molecule has 164 valence electrons. The van der Waals surface area contributed by atoms with Crippen molar-refractivity contribution in [1.29, 1.82) is 0 Å². The Hall–Kier alpha value is -0.600. The van der Waals surface area contributed by atoms with E-state index in [0.29, 0.717) is 0 Å². The molecule has 14 heteroatoms. The number of hydrogen-bond donors (Lipinski definition) is 0. The van der Waals surface area contributed by atoms with Crippen LogP contribution >= 0.6 is 0 Å². The second-order valence-corrected chi connectivity index (χ2v) is 9.90. The average Bonchev–Trinajstić information content (AvgIpc) is 2.68. The standard InChI is InChI=1S/C11H24N.C2F6NO4S2/c1-3-4-9-12(2)10-7-5-6-8-11-12;3-1(4,5)14(10,11)9-15(12,13)2(6,7)8/h3-11H2,1-2H3;/q+1;-1. The molecular weight excluding hydrogens is 426 g/mol. The second kappa shape index (κ2) is 9.74. The largest absolute Gasteiger partial charge is 0.480 e. The molecule has 0 aromatic carbocycles. The van der Waals surface area contributed by atoms with E-state index in [0.717, 1.165) is 4.13 Å². The van der Waals surface area contributed by atoms with Gasteiger partial charge in [-0.3, -0.25) is 0 Å². The van der Waals surface area contributed by atoms with Crippen molar-refractivity contribution in [3.05, 3.63) is 4.13 Å². The smallest absolute Gasteiger partial charge is 0.421 e. The summed E-state index contributed by atoms with van der Waals surface area (Å²) in [5.41, 5.74) is -12.4. The first kappa shape index (κ1) is 26.4. The Morgan fingerprint density at radius 2 is 1.19 bits per heavy atom. The van der Waals surface area contributed by atoms with Crippen LogP contribution in [0.2, 0.25) is 0 Å². The van der Waals surface area contributed by atoms with Crippen LogP contribution < -0.4 is 0 Å². The lowest BCUT2D eigenvalue weighted by Gasteiger charge is -2.33. The van der Waals surface area contributed by atoms with Crippen LogP contribution in [-0.4, -0.2) is 59.0 Å². The van der Waals surface area contributed by atoms with E-state index in [4.69, 9.17) is 0 Å². The minimum absolute atomic E-state index is 0.778. The SMILES string of the molecule is CCCC[N+]1(C)CCCCCC1.O=S(=O)([N-]S(=O)(=O)C(F)(F)F)C(F)(F)F. The van der Waals surface area contributed by atoms with Crippen LogP contribution in [0.1, 0.15) is 45.4 Å². The average molecular weight is 450 g/mol. The Kier molecular flexibility index (Phi) is 9.52. The summed E-state index contributed by atoms with van der Waals surface area (Å²) in [6.07, 6.45) is 8.63. The summed E-state index contributed by atoms with van der Waals surface area (Å²) in [4.78, 5) is 0. The van der Waals surface area contributed by atoms with E-state index < -0.39 is 31.1 Å². The molecule has 1 heterocycles. The maximum atomic E-state index is 11.4. The maximum Gasteiger partial charge on any atom is 0.480 e. The molecule has 0 saturated carbocycles. The van der Waals surface area contributed by atoms with Crippen molar-refractivity contribution < 1.29 is 47.7 Å². The summed E-state index contributed by atoms with van der Waals surface area (Å²) >= 11 is 0. The summed E-state index contributed by atoms with van der Waals surface area (Å²) < 4.78 is 111. The van der Waals surface area contributed by atoms with E-state index in [9.17, 15) is 43.2 Å². The van der Waals surface area contributed by atoms with Gasteiger partial charge in [-0.2, -0.15) is 26.3 Å². The molecule has 0 unspecified atom stereocenters. The van der Waals surface area contributed by atoms with Crippen molar-refractivity contribution in [2.75, 3.05) is 26.7 Å². The van der Waals surface area contributed by atoms with Crippen LogP contribution in [0.3, 0.4) is 0 Å². The molecule has 1 aliphatic heterocycles.